The van der Waals surface area contributed by atoms with Crippen molar-refractivity contribution in [3.63, 3.8) is 0 Å². The topological polar surface area (TPSA) is 72.6 Å². The SMILES string of the molecule is CCOCCN(CC)S(=O)(=O)c1ccc(Cl)c(CN)c1Cl. The van der Waals surface area contributed by atoms with Crippen LogP contribution in [-0.2, 0) is 21.3 Å². The van der Waals surface area contributed by atoms with Crippen LogP contribution in [0.2, 0.25) is 10.0 Å². The number of nitrogens with zero attached hydrogens (tertiary/aromatic N) is 1. The zero-order valence-corrected chi connectivity index (χ0v) is 14.4. The highest BCUT2D eigenvalue weighted by atomic mass is 35.5. The van der Waals surface area contributed by atoms with Crippen molar-refractivity contribution in [2.75, 3.05) is 26.3 Å². The third-order valence-electron chi connectivity index (χ3n) is 3.01. The lowest BCUT2D eigenvalue weighted by Gasteiger charge is -2.21. The van der Waals surface area contributed by atoms with Crippen LogP contribution in [0.5, 0.6) is 0 Å². The van der Waals surface area contributed by atoms with E-state index in [9.17, 15) is 8.42 Å². The highest BCUT2D eigenvalue weighted by molar-refractivity contribution is 7.89. The third kappa shape index (κ3) is 4.31. The van der Waals surface area contributed by atoms with Crippen molar-refractivity contribution in [3.05, 3.63) is 27.7 Å². The van der Waals surface area contributed by atoms with E-state index < -0.39 is 10.0 Å². The number of benzene rings is 1. The summed E-state index contributed by atoms with van der Waals surface area (Å²) in [6.07, 6.45) is 0. The van der Waals surface area contributed by atoms with Crippen molar-refractivity contribution in [2.24, 2.45) is 5.73 Å². The molecule has 0 radical (unpaired) electrons. The van der Waals surface area contributed by atoms with Crippen molar-refractivity contribution in [1.82, 2.24) is 4.31 Å². The van der Waals surface area contributed by atoms with Crippen molar-refractivity contribution in [2.45, 2.75) is 25.3 Å². The lowest BCUT2D eigenvalue weighted by Crippen LogP contribution is -2.34. The largest absolute Gasteiger partial charge is 0.380 e. The molecule has 0 unspecified atom stereocenters. The van der Waals surface area contributed by atoms with Gasteiger partial charge in [-0.2, -0.15) is 4.31 Å². The van der Waals surface area contributed by atoms with Gasteiger partial charge in [0.2, 0.25) is 10.0 Å². The summed E-state index contributed by atoms with van der Waals surface area (Å²) >= 11 is 12.1. The number of hydrogen-bond acceptors (Lipinski definition) is 4. The van der Waals surface area contributed by atoms with Gasteiger partial charge in [0.1, 0.15) is 4.90 Å². The van der Waals surface area contributed by atoms with Gasteiger partial charge in [0.05, 0.1) is 11.6 Å². The Kier molecular flexibility index (Phi) is 7.39. The molecule has 0 aliphatic heterocycles. The molecule has 21 heavy (non-hydrogen) atoms. The Morgan fingerprint density at radius 1 is 1.29 bits per heavy atom. The summed E-state index contributed by atoms with van der Waals surface area (Å²) in [5.41, 5.74) is 6.00. The summed E-state index contributed by atoms with van der Waals surface area (Å²) in [4.78, 5) is 0.0207. The van der Waals surface area contributed by atoms with E-state index in [1.807, 2.05) is 6.92 Å². The van der Waals surface area contributed by atoms with E-state index in [-0.39, 0.29) is 23.0 Å². The van der Waals surface area contributed by atoms with E-state index in [0.29, 0.717) is 30.3 Å². The number of rotatable bonds is 8. The maximum absolute atomic E-state index is 12.7. The molecule has 0 atom stereocenters. The first kappa shape index (κ1) is 18.7. The number of likely N-dealkylation sites (N-methyl/N-ethyl adjacent to an activating group) is 1. The predicted octanol–water partition coefficient (Wildman–Crippen LogP) is 2.50. The molecule has 0 aliphatic carbocycles. The molecule has 1 aromatic rings. The molecule has 0 aliphatic rings. The summed E-state index contributed by atoms with van der Waals surface area (Å²) in [6, 6.07) is 2.90. The molecule has 0 saturated carbocycles. The van der Waals surface area contributed by atoms with Gasteiger partial charge in [0, 0.05) is 36.8 Å². The normalized spacial score (nSPS) is 12.1. The summed E-state index contributed by atoms with van der Waals surface area (Å²) in [5.74, 6) is 0. The molecule has 5 nitrogen and oxygen atoms in total. The van der Waals surface area contributed by atoms with Crippen molar-refractivity contribution >= 4 is 33.2 Å². The number of ether oxygens (including phenoxy) is 1. The molecule has 0 saturated heterocycles. The zero-order valence-electron chi connectivity index (χ0n) is 12.1. The summed E-state index contributed by atoms with van der Waals surface area (Å²) in [5, 5.41) is 0.443. The molecule has 8 heteroatoms. The zero-order chi connectivity index (χ0) is 16.0. The summed E-state index contributed by atoms with van der Waals surface area (Å²) < 4.78 is 31.8. The van der Waals surface area contributed by atoms with Crippen LogP contribution in [0.4, 0.5) is 0 Å². The molecule has 0 fully saturated rings. The van der Waals surface area contributed by atoms with Crippen LogP contribution < -0.4 is 5.73 Å². The smallest absolute Gasteiger partial charge is 0.244 e. The maximum atomic E-state index is 12.7. The second kappa shape index (κ2) is 8.31. The van der Waals surface area contributed by atoms with Crippen molar-refractivity contribution < 1.29 is 13.2 Å². The molecular weight excluding hydrogens is 335 g/mol. The minimum absolute atomic E-state index is 0.0207. The standard InChI is InChI=1S/C13H20Cl2N2O3S/c1-3-17(7-8-20-4-2)21(18,19)12-6-5-11(14)10(9-16)13(12)15/h5-6H,3-4,7-9,16H2,1-2H3. The number of halogens is 2. The van der Waals surface area contributed by atoms with Gasteiger partial charge in [-0.05, 0) is 19.1 Å². The Morgan fingerprint density at radius 2 is 1.95 bits per heavy atom. The van der Waals surface area contributed by atoms with Gasteiger partial charge >= 0.3 is 0 Å². The van der Waals surface area contributed by atoms with Gasteiger partial charge in [-0.15, -0.1) is 0 Å². The van der Waals surface area contributed by atoms with E-state index in [2.05, 4.69) is 0 Å². The van der Waals surface area contributed by atoms with Gasteiger partial charge < -0.3 is 10.5 Å². The third-order valence-corrected chi connectivity index (χ3v) is 5.93. The van der Waals surface area contributed by atoms with Crippen LogP contribution in [0.3, 0.4) is 0 Å². The first-order valence-corrected chi connectivity index (χ1v) is 8.84. The minimum atomic E-state index is -3.70. The average Bonchev–Trinajstić information content (AvgIpc) is 2.43. The fourth-order valence-corrected chi connectivity index (χ4v) is 4.20. The van der Waals surface area contributed by atoms with Gasteiger partial charge in [-0.1, -0.05) is 30.1 Å². The predicted molar refractivity (Wildman–Crippen MR) is 85.3 cm³/mol. The second-order valence-corrected chi connectivity index (χ2v) is 6.93. The van der Waals surface area contributed by atoms with E-state index in [0.717, 1.165) is 0 Å². The summed E-state index contributed by atoms with van der Waals surface area (Å²) in [6.45, 7) is 5.16. The van der Waals surface area contributed by atoms with Gasteiger partial charge in [-0.25, -0.2) is 8.42 Å². The number of sulfonamides is 1. The van der Waals surface area contributed by atoms with Crippen LogP contribution in [0.25, 0.3) is 0 Å². The van der Waals surface area contributed by atoms with Crippen molar-refractivity contribution in [3.8, 4) is 0 Å². The first-order chi connectivity index (χ1) is 9.89. The summed E-state index contributed by atoms with van der Waals surface area (Å²) in [7, 11) is -3.70. The molecule has 0 spiro atoms. The van der Waals surface area contributed by atoms with E-state index in [1.54, 1.807) is 6.92 Å². The van der Waals surface area contributed by atoms with Gasteiger partial charge in [-0.3, -0.25) is 0 Å². The lowest BCUT2D eigenvalue weighted by molar-refractivity contribution is 0.135. The average molecular weight is 355 g/mol. The van der Waals surface area contributed by atoms with Gasteiger partial charge in [0.25, 0.3) is 0 Å². The van der Waals surface area contributed by atoms with Crippen LogP contribution >= 0.6 is 23.2 Å². The molecule has 120 valence electrons. The molecule has 0 heterocycles. The Balaban J connectivity index is 3.17. The van der Waals surface area contributed by atoms with E-state index >= 15 is 0 Å². The Morgan fingerprint density at radius 3 is 2.48 bits per heavy atom. The van der Waals surface area contributed by atoms with Crippen LogP contribution in [0.15, 0.2) is 17.0 Å². The Hall–Kier alpha value is -0.370. The Bertz CT molecular complexity index is 579. The molecule has 2 N–H and O–H groups in total. The molecule has 0 aromatic heterocycles. The second-order valence-electron chi connectivity index (χ2n) is 4.24. The van der Waals surface area contributed by atoms with Crippen LogP contribution in [-0.4, -0.2) is 39.0 Å². The highest BCUT2D eigenvalue weighted by Gasteiger charge is 2.27. The lowest BCUT2D eigenvalue weighted by atomic mass is 10.2. The quantitative estimate of drug-likeness (QED) is 0.728. The van der Waals surface area contributed by atoms with Crippen molar-refractivity contribution in [1.29, 1.82) is 0 Å². The molecule has 1 aromatic carbocycles. The van der Waals surface area contributed by atoms with E-state index in [1.165, 1.54) is 16.4 Å². The molecule has 1 rings (SSSR count). The van der Waals surface area contributed by atoms with Crippen LogP contribution in [0.1, 0.15) is 19.4 Å². The number of hydrogen-bond donors (Lipinski definition) is 1. The van der Waals surface area contributed by atoms with Gasteiger partial charge in [0.15, 0.2) is 0 Å². The van der Waals surface area contributed by atoms with E-state index in [4.69, 9.17) is 33.7 Å². The maximum Gasteiger partial charge on any atom is 0.244 e. The minimum Gasteiger partial charge on any atom is -0.380 e. The monoisotopic (exact) mass is 354 g/mol. The fraction of sp³-hybridized carbons (Fsp3) is 0.538. The fourth-order valence-electron chi connectivity index (χ4n) is 1.86. The molecule has 0 bridgehead atoms. The first-order valence-electron chi connectivity index (χ1n) is 6.64. The number of nitrogens with two attached hydrogens (primary N) is 1. The van der Waals surface area contributed by atoms with Crippen LogP contribution in [0, 0.1) is 0 Å². The molecule has 0 amide bonds. The highest BCUT2D eigenvalue weighted by Crippen LogP contribution is 2.32. The molecular formula is C13H20Cl2N2O3S. The Labute approximate surface area is 136 Å².